The molecule has 1 aliphatic rings. The van der Waals surface area contributed by atoms with Crippen LogP contribution in [0.3, 0.4) is 0 Å². The van der Waals surface area contributed by atoms with Crippen LogP contribution in [0.5, 0.6) is 0 Å². The lowest BCUT2D eigenvalue weighted by atomic mass is 9.77. The second kappa shape index (κ2) is 4.78. The molecule has 0 spiro atoms. The summed E-state index contributed by atoms with van der Waals surface area (Å²) in [6.07, 6.45) is 1.06. The van der Waals surface area contributed by atoms with Gasteiger partial charge in [0.25, 0.3) is 0 Å². The summed E-state index contributed by atoms with van der Waals surface area (Å²) in [5.41, 5.74) is 4.47. The molecule has 4 rings (SSSR count). The summed E-state index contributed by atoms with van der Waals surface area (Å²) in [4.78, 5) is 3.15. The first-order valence-electron chi connectivity index (χ1n) is 6.79. The minimum absolute atomic E-state index is 0.265. The van der Waals surface area contributed by atoms with Crippen LogP contribution in [0, 0.1) is 10.6 Å². The van der Waals surface area contributed by atoms with Gasteiger partial charge in [-0.2, -0.15) is 0 Å². The molecule has 2 nitrogen and oxygen atoms in total. The third-order valence-corrected chi connectivity index (χ3v) is 5.11. The van der Waals surface area contributed by atoms with E-state index in [1.807, 2.05) is 4.57 Å². The van der Waals surface area contributed by atoms with Gasteiger partial charge in [-0.25, -0.2) is 4.39 Å². The molecule has 1 atom stereocenters. The smallest absolute Gasteiger partial charge is 0.178 e. The van der Waals surface area contributed by atoms with Crippen molar-refractivity contribution in [3.63, 3.8) is 0 Å². The maximum absolute atomic E-state index is 13.8. The van der Waals surface area contributed by atoms with Crippen LogP contribution in [0.2, 0.25) is 0 Å². The van der Waals surface area contributed by atoms with Crippen LogP contribution >= 0.6 is 28.1 Å². The van der Waals surface area contributed by atoms with Crippen molar-refractivity contribution in [1.29, 1.82) is 0 Å². The van der Waals surface area contributed by atoms with E-state index in [9.17, 15) is 4.39 Å². The molecule has 0 saturated heterocycles. The van der Waals surface area contributed by atoms with Crippen molar-refractivity contribution in [1.82, 2.24) is 9.55 Å². The van der Waals surface area contributed by atoms with E-state index in [2.05, 4.69) is 45.2 Å². The largest absolute Gasteiger partial charge is 0.331 e. The van der Waals surface area contributed by atoms with Crippen molar-refractivity contribution in [3.05, 3.63) is 62.6 Å². The molecule has 1 N–H and O–H groups in total. The number of nitrogens with one attached hydrogen (secondary N) is 1. The molecule has 2 aromatic carbocycles. The Bertz CT molecular complexity index is 912. The highest BCUT2D eigenvalue weighted by Gasteiger charge is 2.26. The van der Waals surface area contributed by atoms with Crippen molar-refractivity contribution in [3.8, 4) is 0 Å². The molecular weight excluding hydrogens is 351 g/mol. The number of rotatable bonds is 2. The molecule has 0 saturated carbocycles. The van der Waals surface area contributed by atoms with E-state index in [0.717, 1.165) is 24.0 Å². The Morgan fingerprint density at radius 3 is 2.95 bits per heavy atom. The first-order valence-corrected chi connectivity index (χ1v) is 7.99. The van der Waals surface area contributed by atoms with E-state index in [-0.39, 0.29) is 5.82 Å². The molecule has 106 valence electrons. The summed E-state index contributed by atoms with van der Waals surface area (Å²) < 4.78 is 16.9. The quantitative estimate of drug-likeness (QED) is 0.640. The summed E-state index contributed by atoms with van der Waals surface area (Å²) in [5, 5.41) is 0. The highest BCUT2D eigenvalue weighted by molar-refractivity contribution is 9.10. The summed E-state index contributed by atoms with van der Waals surface area (Å²) >= 11 is 8.61. The first-order chi connectivity index (χ1) is 10.1. The fourth-order valence-corrected chi connectivity index (χ4v) is 3.71. The van der Waals surface area contributed by atoms with Gasteiger partial charge in [0.15, 0.2) is 4.77 Å². The lowest BCUT2D eigenvalue weighted by Gasteiger charge is -2.30. The van der Waals surface area contributed by atoms with Crippen LogP contribution in [-0.2, 0) is 13.0 Å². The SMILES string of the molecule is Fc1cc2c(cc1Br)[nH]c(=S)n2CC1Cc2ccccc21. The molecule has 0 aliphatic heterocycles. The summed E-state index contributed by atoms with van der Waals surface area (Å²) in [7, 11) is 0. The van der Waals surface area contributed by atoms with Crippen molar-refractivity contribution in [2.45, 2.75) is 18.9 Å². The Morgan fingerprint density at radius 2 is 2.14 bits per heavy atom. The second-order valence-corrected chi connectivity index (χ2v) is 6.67. The minimum Gasteiger partial charge on any atom is -0.331 e. The Hall–Kier alpha value is -1.46. The normalized spacial score (nSPS) is 16.8. The molecule has 1 aromatic heterocycles. The van der Waals surface area contributed by atoms with Crippen LogP contribution in [-0.4, -0.2) is 9.55 Å². The Balaban J connectivity index is 1.77. The van der Waals surface area contributed by atoms with Gasteiger partial charge >= 0.3 is 0 Å². The molecule has 5 heteroatoms. The third kappa shape index (κ3) is 2.07. The van der Waals surface area contributed by atoms with Gasteiger partial charge in [-0.05, 0) is 51.8 Å². The second-order valence-electron chi connectivity index (χ2n) is 5.42. The number of imidazole rings is 1. The zero-order valence-corrected chi connectivity index (χ0v) is 13.5. The van der Waals surface area contributed by atoms with E-state index in [4.69, 9.17) is 12.2 Å². The van der Waals surface area contributed by atoms with E-state index in [0.29, 0.717) is 15.2 Å². The minimum atomic E-state index is -0.265. The predicted octanol–water partition coefficient (Wildman–Crippen LogP) is 4.94. The molecule has 3 aromatic rings. The highest BCUT2D eigenvalue weighted by Crippen LogP contribution is 2.37. The van der Waals surface area contributed by atoms with Gasteiger partial charge in [0.05, 0.1) is 15.5 Å². The first kappa shape index (κ1) is 13.2. The highest BCUT2D eigenvalue weighted by atomic mass is 79.9. The van der Waals surface area contributed by atoms with Crippen LogP contribution in [0.1, 0.15) is 17.0 Å². The number of hydrogen-bond acceptors (Lipinski definition) is 1. The number of nitrogens with zero attached hydrogens (tertiary/aromatic N) is 1. The lowest BCUT2D eigenvalue weighted by Crippen LogP contribution is -2.21. The molecule has 0 radical (unpaired) electrons. The predicted molar refractivity (Wildman–Crippen MR) is 87.7 cm³/mol. The van der Waals surface area contributed by atoms with E-state index < -0.39 is 0 Å². The van der Waals surface area contributed by atoms with Gasteiger partial charge < -0.3 is 9.55 Å². The number of aromatic nitrogens is 2. The molecule has 21 heavy (non-hydrogen) atoms. The van der Waals surface area contributed by atoms with Crippen LogP contribution < -0.4 is 0 Å². The van der Waals surface area contributed by atoms with Crippen molar-refractivity contribution in [2.24, 2.45) is 0 Å². The Morgan fingerprint density at radius 1 is 1.33 bits per heavy atom. The molecule has 0 bridgehead atoms. The summed E-state index contributed by atoms with van der Waals surface area (Å²) in [6.45, 7) is 0.789. The number of fused-ring (bicyclic) bond motifs is 2. The number of aromatic amines is 1. The fraction of sp³-hybridized carbons (Fsp3) is 0.188. The summed E-state index contributed by atoms with van der Waals surface area (Å²) in [5.74, 6) is 0.192. The monoisotopic (exact) mass is 362 g/mol. The number of halogens is 2. The van der Waals surface area contributed by atoms with Crippen LogP contribution in [0.15, 0.2) is 40.9 Å². The molecule has 1 heterocycles. The standard InChI is InChI=1S/C16H12BrFN2S/c17-12-6-14-15(7-13(12)18)20(16(21)19-14)8-10-5-9-3-1-2-4-11(9)10/h1-4,6-7,10H,5,8H2,(H,19,21). The maximum atomic E-state index is 13.8. The van der Waals surface area contributed by atoms with Crippen molar-refractivity contribution >= 4 is 39.2 Å². The number of hydrogen-bond donors (Lipinski definition) is 1. The van der Waals surface area contributed by atoms with Crippen molar-refractivity contribution in [2.75, 3.05) is 0 Å². The third-order valence-electron chi connectivity index (χ3n) is 4.18. The van der Waals surface area contributed by atoms with Crippen LogP contribution in [0.25, 0.3) is 11.0 Å². The molecule has 1 unspecified atom stereocenters. The number of benzene rings is 2. The summed E-state index contributed by atoms with van der Waals surface area (Å²) in [6, 6.07) is 11.7. The van der Waals surface area contributed by atoms with Crippen LogP contribution in [0.4, 0.5) is 4.39 Å². The molecular formula is C16H12BrFN2S. The van der Waals surface area contributed by atoms with E-state index in [1.165, 1.54) is 17.2 Å². The van der Waals surface area contributed by atoms with E-state index in [1.54, 1.807) is 6.07 Å². The fourth-order valence-electron chi connectivity index (χ4n) is 3.08. The molecule has 0 amide bonds. The van der Waals surface area contributed by atoms with Gasteiger partial charge in [0, 0.05) is 18.5 Å². The molecule has 1 aliphatic carbocycles. The van der Waals surface area contributed by atoms with Gasteiger partial charge in [0.2, 0.25) is 0 Å². The van der Waals surface area contributed by atoms with Gasteiger partial charge in [-0.3, -0.25) is 0 Å². The Labute approximate surface area is 134 Å². The van der Waals surface area contributed by atoms with Crippen molar-refractivity contribution < 1.29 is 4.39 Å². The van der Waals surface area contributed by atoms with Gasteiger partial charge in [-0.15, -0.1) is 0 Å². The van der Waals surface area contributed by atoms with Gasteiger partial charge in [0.1, 0.15) is 5.82 Å². The number of H-pyrrole nitrogens is 1. The lowest BCUT2D eigenvalue weighted by molar-refractivity contribution is 0.513. The maximum Gasteiger partial charge on any atom is 0.178 e. The van der Waals surface area contributed by atoms with Gasteiger partial charge in [-0.1, -0.05) is 24.3 Å². The zero-order valence-electron chi connectivity index (χ0n) is 11.1. The topological polar surface area (TPSA) is 20.7 Å². The molecule has 0 fully saturated rings. The zero-order chi connectivity index (χ0) is 14.6. The average Bonchev–Trinajstić information content (AvgIpc) is 2.72. The van der Waals surface area contributed by atoms with E-state index >= 15 is 0 Å². The Kier molecular flexibility index (Phi) is 3.01. The average molecular weight is 363 g/mol.